The predicted molar refractivity (Wildman–Crippen MR) is 72.6 cm³/mol. The van der Waals surface area contributed by atoms with Gasteiger partial charge in [0.2, 0.25) is 11.1 Å². The molecule has 21 heavy (non-hydrogen) atoms. The lowest BCUT2D eigenvalue weighted by Crippen LogP contribution is -2.12. The molecule has 3 aromatic rings. The Kier molecular flexibility index (Phi) is 3.31. The topological polar surface area (TPSA) is 153 Å². The molecule has 110 valence electrons. The first-order chi connectivity index (χ1) is 10.1. The second kappa shape index (κ2) is 5.14. The number of tetrazole rings is 1. The summed E-state index contributed by atoms with van der Waals surface area (Å²) >= 11 is 1.16. The Hall–Kier alpha value is -2.47. The highest BCUT2D eigenvalue weighted by Gasteiger charge is 2.18. The Bertz CT molecular complexity index is 851. The summed E-state index contributed by atoms with van der Waals surface area (Å²) in [5.74, 6) is -0.0107. The molecule has 0 aromatic carbocycles. The fraction of sp³-hybridized carbons (Fsp3) is 0.333. The van der Waals surface area contributed by atoms with Crippen LogP contribution in [0.2, 0.25) is 0 Å². The molecule has 0 amide bonds. The minimum atomic E-state index is -0.438. The highest BCUT2D eigenvalue weighted by atomic mass is 32.2. The molecule has 0 unspecified atom stereocenters. The van der Waals surface area contributed by atoms with Crippen LogP contribution in [-0.4, -0.2) is 51.4 Å². The molecule has 3 aromatic heterocycles. The van der Waals surface area contributed by atoms with E-state index in [9.17, 15) is 9.90 Å². The van der Waals surface area contributed by atoms with Gasteiger partial charge in [0.15, 0.2) is 16.3 Å². The average molecular weight is 309 g/mol. The standard InChI is InChI=1S/C9H11N9O2S/c1-17-9(14-15-16-17)21-8-11-4-5(18(8)2-3-19)12-7(10)13-6(4)20/h19H,2-3H2,1H3,(H3,10,12,13,20). The van der Waals surface area contributed by atoms with Crippen molar-refractivity contribution in [2.75, 3.05) is 12.3 Å². The first-order valence-corrected chi connectivity index (χ1v) is 6.69. The second-order valence-electron chi connectivity index (χ2n) is 4.08. The molecule has 0 aliphatic rings. The number of hydrogen-bond donors (Lipinski definition) is 3. The number of aromatic amines is 1. The number of fused-ring (bicyclic) bond motifs is 1. The molecule has 3 rings (SSSR count). The number of aryl methyl sites for hydroxylation is 1. The van der Waals surface area contributed by atoms with Crippen LogP contribution in [0.1, 0.15) is 0 Å². The van der Waals surface area contributed by atoms with Crippen molar-refractivity contribution in [2.45, 2.75) is 16.9 Å². The lowest BCUT2D eigenvalue weighted by atomic mass is 10.5. The molecule has 0 bridgehead atoms. The number of nitrogens with zero attached hydrogens (tertiary/aromatic N) is 7. The third kappa shape index (κ3) is 2.34. The molecule has 0 aliphatic carbocycles. The molecule has 0 fully saturated rings. The monoisotopic (exact) mass is 309 g/mol. The quantitative estimate of drug-likeness (QED) is 0.515. The van der Waals surface area contributed by atoms with Crippen LogP contribution in [-0.2, 0) is 13.6 Å². The number of H-pyrrole nitrogens is 1. The smallest absolute Gasteiger partial charge is 0.280 e. The summed E-state index contributed by atoms with van der Waals surface area (Å²) in [6.07, 6.45) is 0. The number of nitrogen functional groups attached to an aromatic ring is 1. The van der Waals surface area contributed by atoms with Crippen LogP contribution in [0.4, 0.5) is 5.95 Å². The third-order valence-corrected chi connectivity index (χ3v) is 3.70. The first-order valence-electron chi connectivity index (χ1n) is 5.87. The van der Waals surface area contributed by atoms with Gasteiger partial charge in [0, 0.05) is 13.6 Å². The van der Waals surface area contributed by atoms with Crippen molar-refractivity contribution in [1.82, 2.24) is 39.7 Å². The van der Waals surface area contributed by atoms with E-state index in [4.69, 9.17) is 5.73 Å². The number of nitrogens with one attached hydrogen (secondary N) is 1. The Morgan fingerprint density at radius 3 is 2.86 bits per heavy atom. The Morgan fingerprint density at radius 1 is 1.38 bits per heavy atom. The van der Waals surface area contributed by atoms with Crippen molar-refractivity contribution in [3.8, 4) is 0 Å². The van der Waals surface area contributed by atoms with Gasteiger partial charge < -0.3 is 15.4 Å². The van der Waals surface area contributed by atoms with Crippen molar-refractivity contribution in [1.29, 1.82) is 0 Å². The molecule has 0 saturated heterocycles. The maximum absolute atomic E-state index is 11.9. The van der Waals surface area contributed by atoms with Gasteiger partial charge in [-0.25, -0.2) is 9.67 Å². The van der Waals surface area contributed by atoms with Crippen molar-refractivity contribution >= 4 is 28.9 Å². The summed E-state index contributed by atoms with van der Waals surface area (Å²) < 4.78 is 3.07. The number of nitrogens with two attached hydrogens (primary N) is 1. The zero-order valence-corrected chi connectivity index (χ0v) is 11.7. The summed E-state index contributed by atoms with van der Waals surface area (Å²) in [6, 6.07) is 0. The van der Waals surface area contributed by atoms with E-state index in [1.807, 2.05) is 0 Å². The fourth-order valence-electron chi connectivity index (χ4n) is 1.78. The van der Waals surface area contributed by atoms with Gasteiger partial charge >= 0.3 is 0 Å². The van der Waals surface area contributed by atoms with Crippen LogP contribution < -0.4 is 11.3 Å². The minimum Gasteiger partial charge on any atom is -0.395 e. The zero-order valence-electron chi connectivity index (χ0n) is 10.9. The van der Waals surface area contributed by atoms with Crippen molar-refractivity contribution < 1.29 is 5.11 Å². The fourth-order valence-corrected chi connectivity index (χ4v) is 2.61. The van der Waals surface area contributed by atoms with Crippen LogP contribution in [0.3, 0.4) is 0 Å². The van der Waals surface area contributed by atoms with Gasteiger partial charge in [0.05, 0.1) is 6.61 Å². The second-order valence-corrected chi connectivity index (χ2v) is 5.01. The summed E-state index contributed by atoms with van der Waals surface area (Å²) in [7, 11) is 1.68. The number of aromatic nitrogens is 8. The van der Waals surface area contributed by atoms with E-state index < -0.39 is 5.56 Å². The van der Waals surface area contributed by atoms with Crippen LogP contribution >= 0.6 is 11.8 Å². The molecule has 0 radical (unpaired) electrons. The van der Waals surface area contributed by atoms with E-state index in [-0.39, 0.29) is 24.6 Å². The largest absolute Gasteiger partial charge is 0.395 e. The van der Waals surface area contributed by atoms with Gasteiger partial charge in [-0.05, 0) is 22.2 Å². The maximum Gasteiger partial charge on any atom is 0.280 e. The number of aliphatic hydroxyl groups excluding tert-OH is 1. The van der Waals surface area contributed by atoms with Crippen LogP contribution in [0.5, 0.6) is 0 Å². The van der Waals surface area contributed by atoms with Gasteiger partial charge in [-0.1, -0.05) is 0 Å². The number of hydrogen-bond acceptors (Lipinski definition) is 9. The van der Waals surface area contributed by atoms with Crippen LogP contribution in [0, 0.1) is 0 Å². The van der Waals surface area contributed by atoms with Gasteiger partial charge in [-0.3, -0.25) is 9.78 Å². The first kappa shape index (κ1) is 13.5. The highest BCUT2D eigenvalue weighted by Crippen LogP contribution is 2.26. The van der Waals surface area contributed by atoms with E-state index in [0.29, 0.717) is 16.0 Å². The van der Waals surface area contributed by atoms with Crippen LogP contribution in [0.15, 0.2) is 15.1 Å². The lowest BCUT2D eigenvalue weighted by molar-refractivity contribution is 0.273. The Morgan fingerprint density at radius 2 is 2.19 bits per heavy atom. The summed E-state index contributed by atoms with van der Waals surface area (Å²) in [5, 5.41) is 21.2. The predicted octanol–water partition coefficient (Wildman–Crippen LogP) is -1.63. The van der Waals surface area contributed by atoms with Gasteiger partial charge in [-0.15, -0.1) is 5.10 Å². The van der Waals surface area contributed by atoms with Crippen LogP contribution in [0.25, 0.3) is 11.2 Å². The lowest BCUT2D eigenvalue weighted by Gasteiger charge is -2.05. The van der Waals surface area contributed by atoms with E-state index in [1.165, 1.54) is 4.68 Å². The molecular formula is C9H11N9O2S. The van der Waals surface area contributed by atoms with Gasteiger partial charge in [0.25, 0.3) is 5.56 Å². The maximum atomic E-state index is 11.9. The summed E-state index contributed by atoms with van der Waals surface area (Å²) in [4.78, 5) is 22.6. The summed E-state index contributed by atoms with van der Waals surface area (Å²) in [5.41, 5.74) is 5.56. The molecule has 3 heterocycles. The number of rotatable bonds is 4. The third-order valence-electron chi connectivity index (χ3n) is 2.68. The van der Waals surface area contributed by atoms with Crippen molar-refractivity contribution in [2.24, 2.45) is 7.05 Å². The number of imidazole rings is 1. The van der Waals surface area contributed by atoms with Gasteiger partial charge in [0.1, 0.15) is 0 Å². The normalized spacial score (nSPS) is 11.3. The molecule has 0 atom stereocenters. The van der Waals surface area contributed by atoms with Crippen molar-refractivity contribution in [3.05, 3.63) is 10.4 Å². The van der Waals surface area contributed by atoms with E-state index in [2.05, 4.69) is 30.5 Å². The number of aliphatic hydroxyl groups is 1. The Labute approximate surface area is 121 Å². The molecule has 0 saturated carbocycles. The SMILES string of the molecule is Cn1nnnc1Sc1nc2c(=O)[nH]c(N)nc2n1CCO. The average Bonchev–Trinajstić information content (AvgIpc) is 2.97. The zero-order chi connectivity index (χ0) is 15.0. The molecule has 11 nitrogen and oxygen atoms in total. The molecule has 0 spiro atoms. The Balaban J connectivity index is 2.17. The van der Waals surface area contributed by atoms with E-state index in [1.54, 1.807) is 11.6 Å². The highest BCUT2D eigenvalue weighted by molar-refractivity contribution is 7.99. The van der Waals surface area contributed by atoms with Gasteiger partial charge in [-0.2, -0.15) is 4.98 Å². The molecule has 0 aliphatic heterocycles. The van der Waals surface area contributed by atoms with E-state index >= 15 is 0 Å². The molecule has 4 N–H and O–H groups in total. The molecular weight excluding hydrogens is 298 g/mol. The van der Waals surface area contributed by atoms with E-state index in [0.717, 1.165) is 11.8 Å². The summed E-state index contributed by atoms with van der Waals surface area (Å²) in [6.45, 7) is 0.0878. The minimum absolute atomic E-state index is 0.0107. The molecule has 12 heteroatoms. The van der Waals surface area contributed by atoms with Crippen molar-refractivity contribution in [3.63, 3.8) is 0 Å². The number of anilines is 1.